The Hall–Kier alpha value is -4.37. The number of phosphoric acid groups is 1. The minimum atomic E-state index is -4.41. The molecule has 77 heavy (non-hydrogen) atoms. The molecule has 0 spiro atoms. The van der Waals surface area contributed by atoms with Crippen LogP contribution in [0.2, 0.25) is 0 Å². The molecule has 3 N–H and O–H groups in total. The molecule has 0 aliphatic carbocycles. The summed E-state index contributed by atoms with van der Waals surface area (Å²) in [5.41, 5.74) is 5.38. The number of phosphoric ester groups is 1. The highest BCUT2D eigenvalue weighted by atomic mass is 31.2. The van der Waals surface area contributed by atoms with Gasteiger partial charge in [-0.1, -0.05) is 242 Å². The van der Waals surface area contributed by atoms with Crippen molar-refractivity contribution in [1.82, 2.24) is 0 Å². The van der Waals surface area contributed by atoms with E-state index in [2.05, 4.69) is 172 Å². The predicted molar refractivity (Wildman–Crippen MR) is 330 cm³/mol. The van der Waals surface area contributed by atoms with E-state index in [4.69, 9.17) is 24.3 Å². The molecular formula is C67H108NO8P. The van der Waals surface area contributed by atoms with E-state index in [0.717, 1.165) is 148 Å². The highest BCUT2D eigenvalue weighted by molar-refractivity contribution is 7.47. The second-order valence-corrected chi connectivity index (χ2v) is 20.6. The second kappa shape index (κ2) is 60.9. The van der Waals surface area contributed by atoms with Gasteiger partial charge in [-0.05, 0) is 122 Å². The number of esters is 2. The van der Waals surface area contributed by atoms with Crippen molar-refractivity contribution in [2.24, 2.45) is 5.73 Å². The van der Waals surface area contributed by atoms with Gasteiger partial charge in [0.25, 0.3) is 0 Å². The van der Waals surface area contributed by atoms with E-state index < -0.39 is 32.5 Å². The first-order valence-electron chi connectivity index (χ1n) is 30.0. The van der Waals surface area contributed by atoms with Crippen LogP contribution >= 0.6 is 7.82 Å². The van der Waals surface area contributed by atoms with Crippen LogP contribution < -0.4 is 5.73 Å². The quantitative estimate of drug-likeness (QED) is 0.0264. The molecule has 0 bridgehead atoms. The molecule has 0 amide bonds. The highest BCUT2D eigenvalue weighted by Crippen LogP contribution is 2.43. The molecule has 10 heteroatoms. The van der Waals surface area contributed by atoms with Crippen LogP contribution in [-0.4, -0.2) is 49.3 Å². The Kier molecular flexibility index (Phi) is 57.4. The lowest BCUT2D eigenvalue weighted by Gasteiger charge is -2.19. The van der Waals surface area contributed by atoms with Crippen molar-refractivity contribution in [3.63, 3.8) is 0 Å². The summed E-state index contributed by atoms with van der Waals surface area (Å²) >= 11 is 0. The summed E-state index contributed by atoms with van der Waals surface area (Å²) in [5.74, 6) is -0.866. The van der Waals surface area contributed by atoms with Gasteiger partial charge in [0.2, 0.25) is 0 Å². The predicted octanol–water partition coefficient (Wildman–Crippen LogP) is 19.3. The molecule has 0 aromatic heterocycles. The molecule has 2 atom stereocenters. The molecule has 0 aliphatic rings. The third kappa shape index (κ3) is 60.7. The molecule has 0 saturated heterocycles. The first-order chi connectivity index (χ1) is 37.8. The lowest BCUT2D eigenvalue weighted by Crippen LogP contribution is -2.29. The average molecular weight is 1090 g/mol. The number of ether oxygens (including phenoxy) is 2. The molecule has 0 rings (SSSR count). The zero-order chi connectivity index (χ0) is 55.9. The third-order valence-corrected chi connectivity index (χ3v) is 12.9. The van der Waals surface area contributed by atoms with Crippen LogP contribution in [0.4, 0.5) is 0 Å². The molecule has 0 aliphatic heterocycles. The van der Waals surface area contributed by atoms with Crippen molar-refractivity contribution in [3.05, 3.63) is 158 Å². The fourth-order valence-corrected chi connectivity index (χ4v) is 8.32. The molecule has 434 valence electrons. The van der Waals surface area contributed by atoms with E-state index in [0.29, 0.717) is 6.42 Å². The monoisotopic (exact) mass is 1090 g/mol. The maximum atomic E-state index is 12.7. The summed E-state index contributed by atoms with van der Waals surface area (Å²) in [6, 6.07) is 0. The largest absolute Gasteiger partial charge is 0.472 e. The number of unbranched alkanes of at least 4 members (excludes halogenated alkanes) is 15. The van der Waals surface area contributed by atoms with E-state index >= 15 is 0 Å². The minimum absolute atomic E-state index is 0.0404. The highest BCUT2D eigenvalue weighted by Gasteiger charge is 2.26. The summed E-state index contributed by atoms with van der Waals surface area (Å²) in [7, 11) is -4.41. The fraction of sp³-hybridized carbons (Fsp3) is 0.582. The van der Waals surface area contributed by atoms with Crippen molar-refractivity contribution < 1.29 is 37.6 Å². The number of rotatable bonds is 54. The molecule has 0 aromatic rings. The normalized spacial score (nSPS) is 14.2. The summed E-state index contributed by atoms with van der Waals surface area (Å²) in [4.78, 5) is 35.2. The molecule has 2 unspecified atom stereocenters. The van der Waals surface area contributed by atoms with E-state index in [1.165, 1.54) is 38.5 Å². The van der Waals surface area contributed by atoms with Gasteiger partial charge in [0, 0.05) is 19.4 Å². The number of carbonyl (C=O) groups is 2. The molecule has 0 heterocycles. The summed E-state index contributed by atoms with van der Waals surface area (Å²) in [6.07, 6.45) is 88.6. The first-order valence-corrected chi connectivity index (χ1v) is 31.5. The van der Waals surface area contributed by atoms with E-state index in [1.54, 1.807) is 0 Å². The van der Waals surface area contributed by atoms with Gasteiger partial charge in [-0.25, -0.2) is 4.57 Å². The maximum absolute atomic E-state index is 12.7. The Bertz CT molecular complexity index is 1810. The number of nitrogens with two attached hydrogens (primary N) is 1. The van der Waals surface area contributed by atoms with Crippen LogP contribution in [0, 0.1) is 0 Å². The van der Waals surface area contributed by atoms with Crippen molar-refractivity contribution in [1.29, 1.82) is 0 Å². The van der Waals surface area contributed by atoms with E-state index in [1.807, 2.05) is 0 Å². The topological polar surface area (TPSA) is 134 Å². The SMILES string of the molecule is CC/C=C\C/C=C\C/C=C\C/C=C\C/C=C\C/C=C\C/C=C\C/C=C\C/C=C\CCCCCCCC(=O)OC(COC(=O)CCCCCCCCCCCC/C=C\C/C=C\C/C=C\C/C=C\CC)COP(=O)(O)OCCN. The Morgan fingerprint density at radius 3 is 1.00 bits per heavy atom. The zero-order valence-electron chi connectivity index (χ0n) is 48.4. The zero-order valence-corrected chi connectivity index (χ0v) is 49.3. The Labute approximate surface area is 470 Å². The number of hydrogen-bond donors (Lipinski definition) is 2. The van der Waals surface area contributed by atoms with Gasteiger partial charge in [-0.2, -0.15) is 0 Å². The Balaban J connectivity index is 4.09. The summed E-state index contributed by atoms with van der Waals surface area (Å²) in [5, 5.41) is 0. The lowest BCUT2D eigenvalue weighted by molar-refractivity contribution is -0.161. The summed E-state index contributed by atoms with van der Waals surface area (Å²) < 4.78 is 33.0. The van der Waals surface area contributed by atoms with Gasteiger partial charge in [0.15, 0.2) is 6.10 Å². The minimum Gasteiger partial charge on any atom is -0.462 e. The number of allylic oxidation sites excluding steroid dienone is 26. The molecule has 9 nitrogen and oxygen atoms in total. The van der Waals surface area contributed by atoms with E-state index in [9.17, 15) is 19.0 Å². The Morgan fingerprint density at radius 1 is 0.390 bits per heavy atom. The van der Waals surface area contributed by atoms with Gasteiger partial charge in [0.05, 0.1) is 13.2 Å². The van der Waals surface area contributed by atoms with E-state index in [-0.39, 0.29) is 32.6 Å². The van der Waals surface area contributed by atoms with Crippen LogP contribution in [0.3, 0.4) is 0 Å². The standard InChI is InChI=1S/C67H108NO8P/c1-3-5-7-9-11-13-15-17-19-21-23-25-27-28-29-30-31-32-33-34-35-36-38-40-42-44-46-48-50-52-54-56-58-60-67(70)76-65(64-75-77(71,72)74-62-61-68)63-73-66(69)59-57-55-53-51-49-47-45-43-41-39-37-26-24-22-20-18-16-14-12-10-8-6-4-2/h5-8,11-14,17-20,23-26,28-29,31-32,34-35,38,40,44,46,65H,3-4,9-10,15-16,21-22,27,30,33,36-37,39,41-43,45,47-64,68H2,1-2H3,(H,71,72)/b7-5-,8-6-,13-11-,14-12-,19-17-,20-18-,25-23-,26-24-,29-28-,32-31-,35-34-,40-38-,46-44-. The van der Waals surface area contributed by atoms with Gasteiger partial charge in [-0.15, -0.1) is 0 Å². The lowest BCUT2D eigenvalue weighted by atomic mass is 10.1. The smallest absolute Gasteiger partial charge is 0.462 e. The van der Waals surface area contributed by atoms with Gasteiger partial charge in [-0.3, -0.25) is 18.6 Å². The maximum Gasteiger partial charge on any atom is 0.472 e. The van der Waals surface area contributed by atoms with Crippen LogP contribution in [0.15, 0.2) is 158 Å². The number of hydrogen-bond acceptors (Lipinski definition) is 8. The van der Waals surface area contributed by atoms with Crippen LogP contribution in [0.5, 0.6) is 0 Å². The third-order valence-electron chi connectivity index (χ3n) is 11.9. The average Bonchev–Trinajstić information content (AvgIpc) is 3.42. The van der Waals surface area contributed by atoms with Crippen molar-refractivity contribution >= 4 is 19.8 Å². The molecule has 0 fully saturated rings. The Morgan fingerprint density at radius 2 is 0.675 bits per heavy atom. The molecule has 0 aromatic carbocycles. The van der Waals surface area contributed by atoms with Gasteiger partial charge < -0.3 is 20.1 Å². The van der Waals surface area contributed by atoms with Gasteiger partial charge in [0.1, 0.15) is 6.61 Å². The van der Waals surface area contributed by atoms with Crippen LogP contribution in [-0.2, 0) is 32.7 Å². The first kappa shape index (κ1) is 72.6. The van der Waals surface area contributed by atoms with Crippen LogP contribution in [0.1, 0.15) is 219 Å². The van der Waals surface area contributed by atoms with Crippen molar-refractivity contribution in [2.75, 3.05) is 26.4 Å². The summed E-state index contributed by atoms with van der Waals surface area (Å²) in [6.45, 7) is 3.47. The van der Waals surface area contributed by atoms with Crippen molar-refractivity contribution in [2.45, 2.75) is 225 Å². The molecule has 0 radical (unpaired) electrons. The fourth-order valence-electron chi connectivity index (χ4n) is 7.56. The second-order valence-electron chi connectivity index (χ2n) is 19.1. The van der Waals surface area contributed by atoms with Crippen LogP contribution in [0.25, 0.3) is 0 Å². The molecular weight excluding hydrogens is 978 g/mol. The molecule has 0 saturated carbocycles. The van der Waals surface area contributed by atoms with Crippen molar-refractivity contribution in [3.8, 4) is 0 Å². The van der Waals surface area contributed by atoms with Gasteiger partial charge >= 0.3 is 19.8 Å². The number of carbonyl (C=O) groups excluding carboxylic acids is 2.